The maximum absolute atomic E-state index is 12.0. The van der Waals surface area contributed by atoms with Crippen molar-refractivity contribution in [1.82, 2.24) is 14.5 Å². The fourth-order valence-electron chi connectivity index (χ4n) is 4.25. The summed E-state index contributed by atoms with van der Waals surface area (Å²) in [6.45, 7) is 6.82. The Bertz CT molecular complexity index is 953. The molecule has 146 valence electrons. The standard InChI is InChI=1S/C24H29N3O/c1-3-24(28)26-13-11-20(12-14-26)17-27-22-10-9-18(2)15-21(22)25-23(27)16-19-7-5-4-6-8-19/h4-10,15,20H,3,11-14,16-17H2,1-2H3. The highest BCUT2D eigenvalue weighted by molar-refractivity contribution is 5.77. The van der Waals surface area contributed by atoms with Gasteiger partial charge in [0.2, 0.25) is 5.91 Å². The molecule has 0 saturated carbocycles. The minimum atomic E-state index is 0.284. The van der Waals surface area contributed by atoms with Crippen LogP contribution in [0.25, 0.3) is 11.0 Å². The third kappa shape index (κ3) is 3.96. The molecule has 0 bridgehead atoms. The summed E-state index contributed by atoms with van der Waals surface area (Å²) in [5.74, 6) is 2.01. The highest BCUT2D eigenvalue weighted by atomic mass is 16.2. The van der Waals surface area contributed by atoms with Gasteiger partial charge in [0.15, 0.2) is 0 Å². The summed E-state index contributed by atoms with van der Waals surface area (Å²) in [6, 6.07) is 17.1. The molecule has 0 unspecified atom stereocenters. The maximum atomic E-state index is 12.0. The van der Waals surface area contributed by atoms with Gasteiger partial charge in [-0.2, -0.15) is 0 Å². The maximum Gasteiger partial charge on any atom is 0.222 e. The van der Waals surface area contributed by atoms with Gasteiger partial charge < -0.3 is 9.47 Å². The van der Waals surface area contributed by atoms with Crippen molar-refractivity contribution in [2.24, 2.45) is 5.92 Å². The van der Waals surface area contributed by atoms with Gasteiger partial charge in [-0.15, -0.1) is 0 Å². The minimum Gasteiger partial charge on any atom is -0.343 e. The van der Waals surface area contributed by atoms with Gasteiger partial charge in [0.05, 0.1) is 11.0 Å². The third-order valence-electron chi connectivity index (χ3n) is 5.90. The van der Waals surface area contributed by atoms with Crippen LogP contribution in [0, 0.1) is 12.8 Å². The first-order chi connectivity index (χ1) is 13.6. The molecule has 4 nitrogen and oxygen atoms in total. The average Bonchev–Trinajstić information content (AvgIpc) is 3.04. The van der Waals surface area contributed by atoms with E-state index in [4.69, 9.17) is 4.98 Å². The van der Waals surface area contributed by atoms with Crippen LogP contribution in [-0.2, 0) is 17.8 Å². The summed E-state index contributed by atoms with van der Waals surface area (Å²) in [4.78, 5) is 19.0. The van der Waals surface area contributed by atoms with Crippen LogP contribution in [0.3, 0.4) is 0 Å². The SMILES string of the molecule is CCC(=O)N1CCC(Cn2c(Cc3ccccc3)nc3cc(C)ccc32)CC1. The lowest BCUT2D eigenvalue weighted by Gasteiger charge is -2.32. The summed E-state index contributed by atoms with van der Waals surface area (Å²) < 4.78 is 2.42. The summed E-state index contributed by atoms with van der Waals surface area (Å²) in [6.07, 6.45) is 3.60. The number of rotatable bonds is 5. The number of carbonyl (C=O) groups is 1. The molecule has 1 aliphatic heterocycles. The predicted molar refractivity (Wildman–Crippen MR) is 113 cm³/mol. The van der Waals surface area contributed by atoms with Crippen molar-refractivity contribution >= 4 is 16.9 Å². The van der Waals surface area contributed by atoms with E-state index < -0.39 is 0 Å². The largest absolute Gasteiger partial charge is 0.343 e. The van der Waals surface area contributed by atoms with Crippen LogP contribution >= 0.6 is 0 Å². The third-order valence-corrected chi connectivity index (χ3v) is 5.90. The van der Waals surface area contributed by atoms with Gasteiger partial charge in [-0.25, -0.2) is 4.98 Å². The molecule has 28 heavy (non-hydrogen) atoms. The van der Waals surface area contributed by atoms with Crippen LogP contribution in [0.5, 0.6) is 0 Å². The van der Waals surface area contributed by atoms with Crippen molar-refractivity contribution in [3.8, 4) is 0 Å². The van der Waals surface area contributed by atoms with E-state index in [-0.39, 0.29) is 5.91 Å². The molecule has 1 saturated heterocycles. The first-order valence-corrected chi connectivity index (χ1v) is 10.4. The molecule has 4 heteroatoms. The van der Waals surface area contributed by atoms with Crippen molar-refractivity contribution in [2.45, 2.75) is 46.1 Å². The second-order valence-electron chi connectivity index (χ2n) is 7.97. The van der Waals surface area contributed by atoms with Crippen LogP contribution in [0.2, 0.25) is 0 Å². The highest BCUT2D eigenvalue weighted by Crippen LogP contribution is 2.25. The van der Waals surface area contributed by atoms with E-state index in [1.807, 2.05) is 11.8 Å². The Kier molecular flexibility index (Phi) is 5.47. The molecule has 2 aromatic carbocycles. The van der Waals surface area contributed by atoms with E-state index in [0.29, 0.717) is 12.3 Å². The van der Waals surface area contributed by atoms with Crippen LogP contribution in [0.4, 0.5) is 0 Å². The lowest BCUT2D eigenvalue weighted by atomic mass is 9.96. The van der Waals surface area contributed by atoms with Crippen molar-refractivity contribution in [1.29, 1.82) is 0 Å². The van der Waals surface area contributed by atoms with Gasteiger partial charge in [0.25, 0.3) is 0 Å². The molecule has 1 aromatic heterocycles. The second kappa shape index (κ2) is 8.17. The monoisotopic (exact) mass is 375 g/mol. The van der Waals surface area contributed by atoms with Crippen LogP contribution in [0.15, 0.2) is 48.5 Å². The molecule has 1 amide bonds. The van der Waals surface area contributed by atoms with Gasteiger partial charge in [0.1, 0.15) is 5.82 Å². The fourth-order valence-corrected chi connectivity index (χ4v) is 4.25. The number of likely N-dealkylation sites (tertiary alicyclic amines) is 1. The quantitative estimate of drug-likeness (QED) is 0.654. The number of amides is 1. The number of benzene rings is 2. The Morgan fingerprint density at radius 1 is 1.11 bits per heavy atom. The molecule has 0 N–H and O–H groups in total. The van der Waals surface area contributed by atoms with E-state index in [9.17, 15) is 4.79 Å². The van der Waals surface area contributed by atoms with Gasteiger partial charge in [-0.3, -0.25) is 4.79 Å². The molecule has 1 fully saturated rings. The second-order valence-corrected chi connectivity index (χ2v) is 7.97. The Labute approximate surface area is 167 Å². The van der Waals surface area contributed by atoms with Crippen molar-refractivity contribution < 1.29 is 4.79 Å². The van der Waals surface area contributed by atoms with E-state index in [1.165, 1.54) is 16.6 Å². The number of aromatic nitrogens is 2. The summed E-state index contributed by atoms with van der Waals surface area (Å²) >= 11 is 0. The average molecular weight is 376 g/mol. The van der Waals surface area contributed by atoms with E-state index >= 15 is 0 Å². The van der Waals surface area contributed by atoms with Crippen LogP contribution in [-0.4, -0.2) is 33.4 Å². The number of hydrogen-bond donors (Lipinski definition) is 0. The molecule has 0 atom stereocenters. The molecular weight excluding hydrogens is 346 g/mol. The first kappa shape index (κ1) is 18.7. The van der Waals surface area contributed by atoms with Crippen LogP contribution < -0.4 is 0 Å². The van der Waals surface area contributed by atoms with Gasteiger partial charge in [-0.1, -0.05) is 43.3 Å². The lowest BCUT2D eigenvalue weighted by Crippen LogP contribution is -2.39. The molecular formula is C24H29N3O. The molecule has 3 aromatic rings. The summed E-state index contributed by atoms with van der Waals surface area (Å²) in [5.41, 5.74) is 4.85. The number of piperidine rings is 1. The van der Waals surface area contributed by atoms with Gasteiger partial charge >= 0.3 is 0 Å². The number of hydrogen-bond acceptors (Lipinski definition) is 2. The Morgan fingerprint density at radius 3 is 2.57 bits per heavy atom. The highest BCUT2D eigenvalue weighted by Gasteiger charge is 2.23. The van der Waals surface area contributed by atoms with Gasteiger partial charge in [0, 0.05) is 32.5 Å². The number of nitrogens with zero attached hydrogens (tertiary/aromatic N) is 3. The lowest BCUT2D eigenvalue weighted by molar-refractivity contribution is -0.132. The molecule has 2 heterocycles. The van der Waals surface area contributed by atoms with Crippen molar-refractivity contribution in [3.63, 3.8) is 0 Å². The zero-order valence-corrected chi connectivity index (χ0v) is 16.9. The topological polar surface area (TPSA) is 38.1 Å². The summed E-state index contributed by atoms with van der Waals surface area (Å²) in [7, 11) is 0. The van der Waals surface area contributed by atoms with Gasteiger partial charge in [-0.05, 0) is 48.9 Å². The number of imidazole rings is 1. The van der Waals surface area contributed by atoms with Crippen molar-refractivity contribution in [3.05, 3.63) is 65.5 Å². The number of aryl methyl sites for hydroxylation is 1. The molecule has 0 radical (unpaired) electrons. The van der Waals surface area contributed by atoms with Crippen LogP contribution in [0.1, 0.15) is 43.1 Å². The van der Waals surface area contributed by atoms with E-state index in [1.54, 1.807) is 0 Å². The Morgan fingerprint density at radius 2 is 1.86 bits per heavy atom. The first-order valence-electron chi connectivity index (χ1n) is 10.4. The molecule has 1 aliphatic rings. The summed E-state index contributed by atoms with van der Waals surface area (Å²) in [5, 5.41) is 0. The predicted octanol–water partition coefficient (Wildman–Crippen LogP) is 4.58. The normalized spacial score (nSPS) is 15.3. The Hall–Kier alpha value is -2.62. The zero-order valence-electron chi connectivity index (χ0n) is 16.9. The zero-order chi connectivity index (χ0) is 19.5. The molecule has 0 aliphatic carbocycles. The minimum absolute atomic E-state index is 0.284. The molecule has 4 rings (SSSR count). The smallest absolute Gasteiger partial charge is 0.222 e. The Balaban J connectivity index is 1.58. The fraction of sp³-hybridized carbons (Fsp3) is 0.417. The van der Waals surface area contributed by atoms with E-state index in [2.05, 4.69) is 60.0 Å². The number of fused-ring (bicyclic) bond motifs is 1. The van der Waals surface area contributed by atoms with E-state index in [0.717, 1.165) is 50.2 Å². The van der Waals surface area contributed by atoms with Crippen molar-refractivity contribution in [2.75, 3.05) is 13.1 Å². The molecule has 0 spiro atoms. The number of carbonyl (C=O) groups excluding carboxylic acids is 1.